The number of nitrogens with one attached hydrogen (secondary N) is 2. The third-order valence-corrected chi connectivity index (χ3v) is 5.50. The van der Waals surface area contributed by atoms with Crippen LogP contribution in [0.4, 0.5) is 21.5 Å². The topological polar surface area (TPSA) is 118 Å². The van der Waals surface area contributed by atoms with E-state index in [1.165, 1.54) is 36.4 Å². The van der Waals surface area contributed by atoms with E-state index in [9.17, 15) is 27.7 Å². The van der Waals surface area contributed by atoms with Crippen LogP contribution in [0.3, 0.4) is 0 Å². The highest BCUT2D eigenvalue weighted by Crippen LogP contribution is 2.27. The van der Waals surface area contributed by atoms with Crippen LogP contribution in [0.1, 0.15) is 15.9 Å². The number of hydrogen-bond acceptors (Lipinski definition) is 6. The summed E-state index contributed by atoms with van der Waals surface area (Å²) < 4.78 is 36.6. The van der Waals surface area contributed by atoms with Crippen LogP contribution >= 0.6 is 0 Å². The summed E-state index contributed by atoms with van der Waals surface area (Å²) >= 11 is 0. The van der Waals surface area contributed by atoms with E-state index in [1.807, 2.05) is 0 Å². The van der Waals surface area contributed by atoms with Gasteiger partial charge in [0.2, 0.25) is 0 Å². The number of carbonyl (C=O) groups excluding carboxylic acids is 1. The summed E-state index contributed by atoms with van der Waals surface area (Å²) in [5.74, 6) is -0.796. The molecule has 31 heavy (non-hydrogen) atoms. The van der Waals surface area contributed by atoms with Crippen LogP contribution in [0.2, 0.25) is 0 Å². The summed E-state index contributed by atoms with van der Waals surface area (Å²) in [7, 11) is -3.77. The molecule has 0 radical (unpaired) electrons. The minimum Gasteiger partial charge on any atom is -0.381 e. The van der Waals surface area contributed by atoms with Gasteiger partial charge in [0.1, 0.15) is 10.7 Å². The number of amides is 1. The summed E-state index contributed by atoms with van der Waals surface area (Å²) in [6.07, 6.45) is 0.915. The number of carbonyl (C=O) groups is 1. The Labute approximate surface area is 177 Å². The molecule has 160 valence electrons. The third kappa shape index (κ3) is 5.64. The fourth-order valence-electron chi connectivity index (χ4n) is 2.79. The third-order valence-electron chi connectivity index (χ3n) is 4.37. The van der Waals surface area contributed by atoms with Crippen LogP contribution in [0.15, 0.2) is 71.6 Å². The maximum absolute atomic E-state index is 13.0. The van der Waals surface area contributed by atoms with E-state index in [-0.39, 0.29) is 10.8 Å². The molecule has 2 N–H and O–H groups in total. The molecule has 1 amide bonds. The van der Waals surface area contributed by atoms with E-state index in [0.29, 0.717) is 23.5 Å². The highest BCUT2D eigenvalue weighted by atomic mass is 32.2. The van der Waals surface area contributed by atoms with Crippen molar-refractivity contribution >= 4 is 32.8 Å². The number of benzene rings is 3. The Balaban J connectivity index is 1.66. The second-order valence-corrected chi connectivity index (χ2v) is 8.71. The zero-order valence-corrected chi connectivity index (χ0v) is 17.1. The Bertz CT molecular complexity index is 1230. The minimum atomic E-state index is -3.77. The lowest BCUT2D eigenvalue weighted by Gasteiger charge is -2.10. The lowest BCUT2D eigenvalue weighted by molar-refractivity contribution is -0.387. The molecule has 8 nitrogen and oxygen atoms in total. The van der Waals surface area contributed by atoms with Gasteiger partial charge >= 0.3 is 0 Å². The zero-order chi connectivity index (χ0) is 22.6. The largest absolute Gasteiger partial charge is 0.381 e. The number of rotatable bonds is 7. The molecular formula is C21H18FN3O5S. The number of nitrogens with zero attached hydrogens (tertiary/aromatic N) is 1. The Morgan fingerprint density at radius 1 is 1.00 bits per heavy atom. The van der Waals surface area contributed by atoms with Gasteiger partial charge in [-0.25, -0.2) is 12.8 Å². The standard InChI is InChI=1S/C21H18FN3O5S/c1-31(29,30)20-12-18(10-11-19(20)25(27)28)23-13-14-2-8-17(9-3-14)24-21(26)15-4-6-16(22)7-5-15/h2-12,23H,13H2,1H3,(H,24,26). The van der Waals surface area contributed by atoms with Gasteiger partial charge in [0, 0.05) is 35.8 Å². The van der Waals surface area contributed by atoms with Crippen LogP contribution in [0.5, 0.6) is 0 Å². The minimum absolute atomic E-state index is 0.326. The Hall–Kier alpha value is -3.79. The van der Waals surface area contributed by atoms with Crippen molar-refractivity contribution in [3.63, 3.8) is 0 Å². The van der Waals surface area contributed by atoms with Crippen LogP contribution in [0, 0.1) is 15.9 Å². The number of nitro benzene ring substituents is 1. The first-order valence-corrected chi connectivity index (χ1v) is 10.9. The van der Waals surface area contributed by atoms with Crippen molar-refractivity contribution in [2.75, 3.05) is 16.9 Å². The summed E-state index contributed by atoms with van der Waals surface area (Å²) in [6.45, 7) is 0.327. The smallest absolute Gasteiger partial charge is 0.288 e. The van der Waals surface area contributed by atoms with Gasteiger partial charge in [0.25, 0.3) is 11.6 Å². The molecule has 0 aliphatic carbocycles. The molecule has 0 aliphatic rings. The number of anilines is 2. The van der Waals surface area contributed by atoms with E-state index in [4.69, 9.17) is 0 Å². The van der Waals surface area contributed by atoms with Crippen molar-refractivity contribution in [1.29, 1.82) is 0 Å². The van der Waals surface area contributed by atoms with Gasteiger partial charge in [-0.1, -0.05) is 12.1 Å². The first kappa shape index (κ1) is 21.9. The van der Waals surface area contributed by atoms with Gasteiger partial charge in [0.15, 0.2) is 9.84 Å². The predicted molar refractivity (Wildman–Crippen MR) is 114 cm³/mol. The summed E-state index contributed by atoms with van der Waals surface area (Å²) in [5.41, 5.74) is 1.65. The van der Waals surface area contributed by atoms with Crippen LogP contribution in [-0.2, 0) is 16.4 Å². The van der Waals surface area contributed by atoms with Crippen molar-refractivity contribution in [2.45, 2.75) is 11.4 Å². The van der Waals surface area contributed by atoms with Crippen molar-refractivity contribution in [1.82, 2.24) is 0 Å². The maximum atomic E-state index is 13.0. The van der Waals surface area contributed by atoms with E-state index >= 15 is 0 Å². The highest BCUT2D eigenvalue weighted by molar-refractivity contribution is 7.90. The van der Waals surface area contributed by atoms with Gasteiger partial charge in [-0.05, 0) is 54.1 Å². The van der Waals surface area contributed by atoms with Crippen LogP contribution in [0.25, 0.3) is 0 Å². The molecule has 0 aromatic heterocycles. The molecule has 0 saturated heterocycles. The summed E-state index contributed by atoms with van der Waals surface area (Å²) in [5, 5.41) is 16.8. The molecule has 0 atom stereocenters. The quantitative estimate of drug-likeness (QED) is 0.421. The number of hydrogen-bond donors (Lipinski definition) is 2. The average Bonchev–Trinajstić information content (AvgIpc) is 2.72. The van der Waals surface area contributed by atoms with Gasteiger partial charge in [-0.3, -0.25) is 14.9 Å². The van der Waals surface area contributed by atoms with Crippen LogP contribution < -0.4 is 10.6 Å². The SMILES string of the molecule is CS(=O)(=O)c1cc(NCc2ccc(NC(=O)c3ccc(F)cc3)cc2)ccc1[N+](=O)[O-]. The van der Waals surface area contributed by atoms with Gasteiger partial charge in [-0.15, -0.1) is 0 Å². The molecular weight excluding hydrogens is 425 g/mol. The second kappa shape index (κ2) is 8.92. The van der Waals surface area contributed by atoms with E-state index in [2.05, 4.69) is 10.6 Å². The monoisotopic (exact) mass is 443 g/mol. The Morgan fingerprint density at radius 2 is 1.61 bits per heavy atom. The highest BCUT2D eigenvalue weighted by Gasteiger charge is 2.22. The van der Waals surface area contributed by atoms with E-state index < -0.39 is 26.3 Å². The first-order chi connectivity index (χ1) is 14.6. The molecule has 0 heterocycles. The average molecular weight is 443 g/mol. The fraction of sp³-hybridized carbons (Fsp3) is 0.0952. The lowest BCUT2D eigenvalue weighted by Crippen LogP contribution is -2.11. The van der Waals surface area contributed by atoms with Gasteiger partial charge in [-0.2, -0.15) is 0 Å². The molecule has 10 heteroatoms. The Kier molecular flexibility index (Phi) is 6.30. The molecule has 0 aliphatic heterocycles. The summed E-state index contributed by atoms with van der Waals surface area (Å²) in [6, 6.07) is 15.9. The molecule has 0 fully saturated rings. The second-order valence-electron chi connectivity index (χ2n) is 6.72. The Morgan fingerprint density at radius 3 is 2.19 bits per heavy atom. The molecule has 3 aromatic rings. The lowest BCUT2D eigenvalue weighted by atomic mass is 10.1. The number of sulfone groups is 1. The van der Waals surface area contributed by atoms with Crippen molar-refractivity contribution in [3.05, 3.63) is 93.8 Å². The van der Waals surface area contributed by atoms with E-state index in [1.54, 1.807) is 24.3 Å². The normalized spacial score (nSPS) is 11.0. The maximum Gasteiger partial charge on any atom is 0.288 e. The van der Waals surface area contributed by atoms with E-state index in [0.717, 1.165) is 17.9 Å². The number of nitro groups is 1. The molecule has 3 aromatic carbocycles. The van der Waals surface area contributed by atoms with Crippen molar-refractivity contribution in [2.24, 2.45) is 0 Å². The van der Waals surface area contributed by atoms with Gasteiger partial charge < -0.3 is 10.6 Å². The number of halogens is 1. The molecule has 0 saturated carbocycles. The zero-order valence-electron chi connectivity index (χ0n) is 16.3. The molecule has 3 rings (SSSR count). The predicted octanol–water partition coefficient (Wildman–Crippen LogP) is 4.00. The first-order valence-electron chi connectivity index (χ1n) is 9.02. The molecule has 0 bridgehead atoms. The summed E-state index contributed by atoms with van der Waals surface area (Å²) in [4.78, 5) is 22.1. The van der Waals surface area contributed by atoms with Crippen molar-refractivity contribution < 1.29 is 22.5 Å². The van der Waals surface area contributed by atoms with Gasteiger partial charge in [0.05, 0.1) is 4.92 Å². The molecule has 0 spiro atoms. The van der Waals surface area contributed by atoms with Crippen molar-refractivity contribution in [3.8, 4) is 0 Å². The van der Waals surface area contributed by atoms with Crippen LogP contribution in [-0.4, -0.2) is 25.5 Å². The fourth-order valence-corrected chi connectivity index (χ4v) is 3.65. The molecule has 0 unspecified atom stereocenters.